The van der Waals surface area contributed by atoms with Crippen molar-refractivity contribution in [3.63, 3.8) is 0 Å². The molecule has 2 aromatic heterocycles. The number of thiazole rings is 1. The van der Waals surface area contributed by atoms with Crippen molar-refractivity contribution in [1.82, 2.24) is 13.9 Å². The summed E-state index contributed by atoms with van der Waals surface area (Å²) < 4.78 is 12.7. The molecule has 0 saturated carbocycles. The molecule has 0 radical (unpaired) electrons. The van der Waals surface area contributed by atoms with Crippen molar-refractivity contribution >= 4 is 33.0 Å². The third kappa shape index (κ3) is 4.18. The highest BCUT2D eigenvalue weighted by Gasteiger charge is 2.21. The van der Waals surface area contributed by atoms with Gasteiger partial charge >= 0.3 is 0 Å². The predicted molar refractivity (Wildman–Crippen MR) is 135 cm³/mol. The number of ether oxygens (including phenoxy) is 1. The van der Waals surface area contributed by atoms with Crippen molar-refractivity contribution < 1.29 is 4.74 Å². The Labute approximate surface area is 204 Å². The molecule has 3 heterocycles. The number of aromatic nitrogens is 3. The van der Waals surface area contributed by atoms with Gasteiger partial charge in [0, 0.05) is 29.1 Å². The summed E-state index contributed by atoms with van der Waals surface area (Å²) in [5, 5.41) is 2.11. The Morgan fingerprint density at radius 2 is 1.91 bits per heavy atom. The van der Waals surface area contributed by atoms with Crippen LogP contribution in [-0.4, -0.2) is 26.6 Å². The number of rotatable bonds is 5. The zero-order valence-corrected chi connectivity index (χ0v) is 21.0. The van der Waals surface area contributed by atoms with Gasteiger partial charge in [0.15, 0.2) is 10.5 Å². The fourth-order valence-electron chi connectivity index (χ4n) is 4.25. The number of hydrogen-bond acceptors (Lipinski definition) is 4. The Morgan fingerprint density at radius 1 is 1.15 bits per heavy atom. The second kappa shape index (κ2) is 9.29. The molecule has 0 amide bonds. The van der Waals surface area contributed by atoms with Crippen molar-refractivity contribution in [3.05, 3.63) is 85.3 Å². The topological polar surface area (TPSA) is 53.5 Å². The largest absolute Gasteiger partial charge is 0.376 e. The van der Waals surface area contributed by atoms with Gasteiger partial charge in [-0.2, -0.15) is 0 Å². The third-order valence-corrected chi connectivity index (χ3v) is 7.64. The van der Waals surface area contributed by atoms with Gasteiger partial charge < -0.3 is 9.30 Å². The maximum atomic E-state index is 13.4. The van der Waals surface area contributed by atoms with Crippen molar-refractivity contribution in [1.29, 1.82) is 0 Å². The summed E-state index contributed by atoms with van der Waals surface area (Å²) in [5.41, 5.74) is 4.15. The van der Waals surface area contributed by atoms with Crippen LogP contribution in [0.2, 0.25) is 0 Å². The Bertz CT molecular complexity index is 1410. The Morgan fingerprint density at radius 3 is 2.64 bits per heavy atom. The van der Waals surface area contributed by atoms with Crippen LogP contribution in [0.5, 0.6) is 0 Å². The summed E-state index contributed by atoms with van der Waals surface area (Å²) in [6, 6.07) is 17.8. The van der Waals surface area contributed by atoms with E-state index in [9.17, 15) is 4.79 Å². The minimum absolute atomic E-state index is 0.124. The van der Waals surface area contributed by atoms with E-state index in [1.165, 1.54) is 0 Å². The normalized spacial score (nSPS) is 16.6. The van der Waals surface area contributed by atoms with Gasteiger partial charge in [0.25, 0.3) is 5.56 Å². The Balaban J connectivity index is 1.68. The summed E-state index contributed by atoms with van der Waals surface area (Å²) in [4.78, 5) is 19.1. The van der Waals surface area contributed by atoms with Crippen LogP contribution in [0.15, 0.2) is 74.2 Å². The SMILES string of the molecule is Cc1c(N=c2scc(-c3ccccc3Br)n2CC2CCCO2)c(=O)n(-c2ccccc2)n1C. The molecule has 1 saturated heterocycles. The molecule has 0 bridgehead atoms. The first kappa shape index (κ1) is 22.1. The first-order valence-corrected chi connectivity index (χ1v) is 12.7. The molecule has 1 atom stereocenters. The first-order valence-electron chi connectivity index (χ1n) is 11.0. The van der Waals surface area contributed by atoms with Crippen LogP contribution in [0.4, 0.5) is 5.69 Å². The van der Waals surface area contributed by atoms with Crippen LogP contribution in [-0.2, 0) is 18.3 Å². The molecule has 4 aromatic rings. The van der Waals surface area contributed by atoms with Crippen molar-refractivity contribution in [2.24, 2.45) is 12.0 Å². The van der Waals surface area contributed by atoms with Crippen LogP contribution in [0.25, 0.3) is 16.9 Å². The van der Waals surface area contributed by atoms with Crippen LogP contribution in [0, 0.1) is 6.92 Å². The highest BCUT2D eigenvalue weighted by molar-refractivity contribution is 9.10. The highest BCUT2D eigenvalue weighted by atomic mass is 79.9. The Kier molecular flexibility index (Phi) is 6.23. The molecule has 0 aliphatic carbocycles. The molecule has 1 aliphatic rings. The number of nitrogens with zero attached hydrogens (tertiary/aromatic N) is 4. The van der Waals surface area contributed by atoms with Gasteiger partial charge in [0.05, 0.1) is 29.7 Å². The minimum atomic E-state index is -0.124. The summed E-state index contributed by atoms with van der Waals surface area (Å²) in [6.45, 7) is 3.44. The summed E-state index contributed by atoms with van der Waals surface area (Å²) >= 11 is 5.24. The lowest BCUT2D eigenvalue weighted by Crippen LogP contribution is -2.24. The van der Waals surface area contributed by atoms with E-state index in [0.717, 1.165) is 51.4 Å². The van der Waals surface area contributed by atoms with Crippen LogP contribution >= 0.6 is 27.3 Å². The van der Waals surface area contributed by atoms with Gasteiger partial charge in [0.1, 0.15) is 0 Å². The molecular weight excluding hydrogens is 500 g/mol. The van der Waals surface area contributed by atoms with Gasteiger partial charge in [-0.25, -0.2) is 9.67 Å². The van der Waals surface area contributed by atoms with Crippen LogP contribution in [0.1, 0.15) is 18.5 Å². The van der Waals surface area contributed by atoms with E-state index in [2.05, 4.69) is 31.9 Å². The Hall–Kier alpha value is -2.68. The molecule has 5 rings (SSSR count). The van der Waals surface area contributed by atoms with Crippen LogP contribution < -0.4 is 10.4 Å². The zero-order valence-electron chi connectivity index (χ0n) is 18.6. The highest BCUT2D eigenvalue weighted by Crippen LogP contribution is 2.29. The second-order valence-electron chi connectivity index (χ2n) is 8.15. The third-order valence-electron chi connectivity index (χ3n) is 6.09. The van der Waals surface area contributed by atoms with Crippen LogP contribution in [0.3, 0.4) is 0 Å². The van der Waals surface area contributed by atoms with E-state index in [-0.39, 0.29) is 11.7 Å². The van der Waals surface area contributed by atoms with Gasteiger partial charge in [-0.1, -0.05) is 52.3 Å². The molecule has 8 heteroatoms. The maximum absolute atomic E-state index is 13.4. The smallest absolute Gasteiger partial charge is 0.297 e. The molecular formula is C25H25BrN4O2S. The van der Waals surface area contributed by atoms with Crippen molar-refractivity contribution in [2.75, 3.05) is 6.61 Å². The van der Waals surface area contributed by atoms with E-state index in [1.807, 2.05) is 67.2 Å². The lowest BCUT2D eigenvalue weighted by Gasteiger charge is -2.14. The van der Waals surface area contributed by atoms with E-state index >= 15 is 0 Å². The van der Waals surface area contributed by atoms with Gasteiger partial charge in [-0.15, -0.1) is 11.3 Å². The summed E-state index contributed by atoms with van der Waals surface area (Å²) in [7, 11) is 1.89. The summed E-state index contributed by atoms with van der Waals surface area (Å²) in [5.74, 6) is 0. The quantitative estimate of drug-likeness (QED) is 0.360. The molecule has 1 aliphatic heterocycles. The lowest BCUT2D eigenvalue weighted by atomic mass is 10.1. The minimum Gasteiger partial charge on any atom is -0.376 e. The number of para-hydroxylation sites is 1. The van der Waals surface area contributed by atoms with E-state index < -0.39 is 0 Å². The number of benzene rings is 2. The maximum Gasteiger partial charge on any atom is 0.297 e. The first-order chi connectivity index (χ1) is 16.0. The average Bonchev–Trinajstić information content (AvgIpc) is 3.53. The number of hydrogen-bond donors (Lipinski definition) is 0. The second-order valence-corrected chi connectivity index (χ2v) is 9.84. The standard InChI is InChI=1S/C25H25BrN4O2S/c1-17-23(24(31)30(28(17)2)18-9-4-3-5-10-18)27-25-29(15-19-11-8-14-32-19)22(16-33-25)20-12-6-7-13-21(20)26/h3-7,9-10,12-13,16,19H,8,11,14-15H2,1-2H3. The van der Waals surface area contributed by atoms with Gasteiger partial charge in [-0.05, 0) is 38.0 Å². The molecule has 0 spiro atoms. The fraction of sp³-hybridized carbons (Fsp3) is 0.280. The summed E-state index contributed by atoms with van der Waals surface area (Å²) in [6.07, 6.45) is 2.26. The van der Waals surface area contributed by atoms with Gasteiger partial charge in [0.2, 0.25) is 0 Å². The molecule has 1 fully saturated rings. The van der Waals surface area contributed by atoms with E-state index in [1.54, 1.807) is 16.0 Å². The molecule has 6 nitrogen and oxygen atoms in total. The van der Waals surface area contributed by atoms with E-state index in [0.29, 0.717) is 12.2 Å². The van der Waals surface area contributed by atoms with E-state index in [4.69, 9.17) is 9.73 Å². The zero-order chi connectivity index (χ0) is 22.9. The van der Waals surface area contributed by atoms with Gasteiger partial charge in [-0.3, -0.25) is 9.48 Å². The molecule has 170 valence electrons. The molecule has 0 N–H and O–H groups in total. The predicted octanol–water partition coefficient (Wildman–Crippen LogP) is 5.19. The number of halogens is 1. The van der Waals surface area contributed by atoms with Crippen molar-refractivity contribution in [3.8, 4) is 16.9 Å². The molecule has 33 heavy (non-hydrogen) atoms. The monoisotopic (exact) mass is 524 g/mol. The average molecular weight is 525 g/mol. The van der Waals surface area contributed by atoms with Crippen molar-refractivity contribution in [2.45, 2.75) is 32.4 Å². The molecule has 1 unspecified atom stereocenters. The molecule has 2 aromatic carbocycles. The lowest BCUT2D eigenvalue weighted by molar-refractivity contribution is 0.0968. The fourth-order valence-corrected chi connectivity index (χ4v) is 5.65.